The van der Waals surface area contributed by atoms with Gasteiger partial charge in [-0.25, -0.2) is 0 Å². The predicted octanol–water partition coefficient (Wildman–Crippen LogP) is 4.79. The molecule has 0 saturated carbocycles. The van der Waals surface area contributed by atoms with Crippen LogP contribution in [0.3, 0.4) is 0 Å². The standard InChI is InChI=1S/C26H30N2O3/c1-3-21(2)28(26(30)23-13-8-5-9-14-23)20-25(29)27(19-24-15-10-18-31-24)17-16-22-11-6-4-7-12-22/h4-15,18,21H,3,16-17,19-20H2,1-2H3/t21-/m0/s1. The van der Waals surface area contributed by atoms with Gasteiger partial charge in [-0.2, -0.15) is 0 Å². The van der Waals surface area contributed by atoms with E-state index in [1.54, 1.807) is 28.2 Å². The zero-order chi connectivity index (χ0) is 22.1. The molecule has 5 nitrogen and oxygen atoms in total. The Balaban J connectivity index is 1.76. The number of furan rings is 1. The molecule has 1 aromatic heterocycles. The van der Waals surface area contributed by atoms with Gasteiger partial charge in [-0.1, -0.05) is 55.5 Å². The van der Waals surface area contributed by atoms with E-state index in [2.05, 4.69) is 12.1 Å². The van der Waals surface area contributed by atoms with E-state index in [9.17, 15) is 9.59 Å². The minimum absolute atomic E-state index is 0.0399. The fourth-order valence-corrected chi connectivity index (χ4v) is 3.43. The smallest absolute Gasteiger partial charge is 0.254 e. The third-order valence-electron chi connectivity index (χ3n) is 5.50. The van der Waals surface area contributed by atoms with Crippen LogP contribution < -0.4 is 0 Å². The van der Waals surface area contributed by atoms with E-state index in [1.165, 1.54) is 5.56 Å². The first-order chi connectivity index (χ1) is 15.1. The van der Waals surface area contributed by atoms with Gasteiger partial charge < -0.3 is 14.2 Å². The molecular formula is C26H30N2O3. The van der Waals surface area contributed by atoms with Crippen LogP contribution in [0.1, 0.15) is 41.9 Å². The highest BCUT2D eigenvalue weighted by molar-refractivity contribution is 5.96. The normalized spacial score (nSPS) is 11.7. The average molecular weight is 419 g/mol. The second kappa shape index (κ2) is 11.2. The molecule has 0 unspecified atom stereocenters. The number of nitrogens with zero attached hydrogens (tertiary/aromatic N) is 2. The molecule has 0 saturated heterocycles. The van der Waals surface area contributed by atoms with E-state index in [-0.39, 0.29) is 24.4 Å². The van der Waals surface area contributed by atoms with Crippen molar-refractivity contribution < 1.29 is 14.0 Å². The van der Waals surface area contributed by atoms with E-state index in [1.807, 2.05) is 62.4 Å². The van der Waals surface area contributed by atoms with Crippen LogP contribution in [0.15, 0.2) is 83.5 Å². The summed E-state index contributed by atoms with van der Waals surface area (Å²) in [4.78, 5) is 29.9. The molecule has 0 N–H and O–H groups in total. The molecule has 31 heavy (non-hydrogen) atoms. The SMILES string of the molecule is CC[C@H](C)N(CC(=O)N(CCc1ccccc1)Cc1ccco1)C(=O)c1ccccc1. The Bertz CT molecular complexity index is 939. The van der Waals surface area contributed by atoms with Gasteiger partial charge in [0.2, 0.25) is 5.91 Å². The van der Waals surface area contributed by atoms with Crippen LogP contribution in [0.5, 0.6) is 0 Å². The van der Waals surface area contributed by atoms with Gasteiger partial charge in [-0.05, 0) is 49.6 Å². The Morgan fingerprint density at radius 3 is 2.23 bits per heavy atom. The Labute approximate surface area is 184 Å². The van der Waals surface area contributed by atoms with E-state index in [0.29, 0.717) is 18.7 Å². The third-order valence-corrected chi connectivity index (χ3v) is 5.50. The summed E-state index contributed by atoms with van der Waals surface area (Å²) < 4.78 is 5.48. The maximum absolute atomic E-state index is 13.3. The minimum Gasteiger partial charge on any atom is -0.467 e. The summed E-state index contributed by atoms with van der Waals surface area (Å²) in [7, 11) is 0. The summed E-state index contributed by atoms with van der Waals surface area (Å²) in [5.41, 5.74) is 1.76. The maximum atomic E-state index is 13.3. The third kappa shape index (κ3) is 6.32. The topological polar surface area (TPSA) is 53.8 Å². The van der Waals surface area contributed by atoms with Crippen molar-refractivity contribution in [2.75, 3.05) is 13.1 Å². The molecule has 162 valence electrons. The lowest BCUT2D eigenvalue weighted by atomic mass is 10.1. The lowest BCUT2D eigenvalue weighted by molar-refractivity contribution is -0.133. The fraction of sp³-hybridized carbons (Fsp3) is 0.308. The number of hydrogen-bond donors (Lipinski definition) is 0. The highest BCUT2D eigenvalue weighted by atomic mass is 16.3. The zero-order valence-corrected chi connectivity index (χ0v) is 18.2. The van der Waals surface area contributed by atoms with Gasteiger partial charge in [0.25, 0.3) is 5.91 Å². The highest BCUT2D eigenvalue weighted by Gasteiger charge is 2.26. The first kappa shape index (κ1) is 22.3. The number of rotatable bonds is 10. The summed E-state index contributed by atoms with van der Waals surface area (Å²) in [6.45, 7) is 4.98. The van der Waals surface area contributed by atoms with Crippen molar-refractivity contribution in [1.29, 1.82) is 0 Å². The van der Waals surface area contributed by atoms with Gasteiger partial charge >= 0.3 is 0 Å². The molecule has 1 atom stereocenters. The monoisotopic (exact) mass is 418 g/mol. The van der Waals surface area contributed by atoms with Crippen LogP contribution in [0.2, 0.25) is 0 Å². The van der Waals surface area contributed by atoms with Crippen molar-refractivity contribution in [1.82, 2.24) is 9.80 Å². The minimum atomic E-state index is -0.121. The molecule has 1 heterocycles. The number of hydrogen-bond acceptors (Lipinski definition) is 3. The molecule has 3 rings (SSSR count). The molecule has 0 fully saturated rings. The fourth-order valence-electron chi connectivity index (χ4n) is 3.43. The van der Waals surface area contributed by atoms with Crippen molar-refractivity contribution in [3.05, 3.63) is 95.9 Å². The summed E-state index contributed by atoms with van der Waals surface area (Å²) >= 11 is 0. The van der Waals surface area contributed by atoms with Crippen molar-refractivity contribution in [2.45, 2.75) is 39.3 Å². The molecular weight excluding hydrogens is 388 g/mol. The molecule has 2 aromatic carbocycles. The van der Waals surface area contributed by atoms with E-state index in [4.69, 9.17) is 4.42 Å². The molecule has 3 aromatic rings. The van der Waals surface area contributed by atoms with Crippen molar-refractivity contribution >= 4 is 11.8 Å². The van der Waals surface area contributed by atoms with E-state index >= 15 is 0 Å². The van der Waals surface area contributed by atoms with Crippen LogP contribution >= 0.6 is 0 Å². The lowest BCUT2D eigenvalue weighted by Gasteiger charge is -2.31. The van der Waals surface area contributed by atoms with Crippen molar-refractivity contribution in [2.24, 2.45) is 0 Å². The largest absolute Gasteiger partial charge is 0.467 e. The Morgan fingerprint density at radius 1 is 0.935 bits per heavy atom. The van der Waals surface area contributed by atoms with Crippen molar-refractivity contribution in [3.63, 3.8) is 0 Å². The van der Waals surface area contributed by atoms with E-state index in [0.717, 1.165) is 18.6 Å². The Kier molecular flexibility index (Phi) is 8.05. The van der Waals surface area contributed by atoms with Gasteiger partial charge in [-0.3, -0.25) is 9.59 Å². The highest BCUT2D eigenvalue weighted by Crippen LogP contribution is 2.14. The molecule has 0 aliphatic heterocycles. The molecule has 0 aliphatic carbocycles. The van der Waals surface area contributed by atoms with Crippen molar-refractivity contribution in [3.8, 4) is 0 Å². The van der Waals surface area contributed by atoms with Gasteiger partial charge in [0.1, 0.15) is 12.3 Å². The first-order valence-electron chi connectivity index (χ1n) is 10.8. The Hall–Kier alpha value is -3.34. The quantitative estimate of drug-likeness (QED) is 0.476. The maximum Gasteiger partial charge on any atom is 0.254 e. The first-order valence-corrected chi connectivity index (χ1v) is 10.8. The van der Waals surface area contributed by atoms with Crippen LogP contribution in [0, 0.1) is 0 Å². The number of benzene rings is 2. The van der Waals surface area contributed by atoms with Crippen LogP contribution in [-0.2, 0) is 17.8 Å². The zero-order valence-electron chi connectivity index (χ0n) is 18.2. The molecule has 0 bridgehead atoms. The summed E-state index contributed by atoms with van der Waals surface area (Å²) in [6, 6.07) is 22.9. The summed E-state index contributed by atoms with van der Waals surface area (Å²) in [5.74, 6) is 0.520. The number of amides is 2. The van der Waals surface area contributed by atoms with Crippen LogP contribution in [0.25, 0.3) is 0 Å². The Morgan fingerprint density at radius 2 is 1.61 bits per heavy atom. The average Bonchev–Trinajstić information content (AvgIpc) is 3.33. The molecule has 5 heteroatoms. The second-order valence-corrected chi connectivity index (χ2v) is 7.69. The molecule has 0 aliphatic rings. The van der Waals surface area contributed by atoms with Crippen LogP contribution in [-0.4, -0.2) is 40.7 Å². The summed E-state index contributed by atoms with van der Waals surface area (Å²) in [6.07, 6.45) is 3.12. The van der Waals surface area contributed by atoms with Gasteiger partial charge in [0, 0.05) is 18.2 Å². The molecule has 2 amide bonds. The van der Waals surface area contributed by atoms with E-state index < -0.39 is 0 Å². The van der Waals surface area contributed by atoms with Gasteiger partial charge in [-0.15, -0.1) is 0 Å². The molecule has 0 radical (unpaired) electrons. The lowest BCUT2D eigenvalue weighted by Crippen LogP contribution is -2.46. The van der Waals surface area contributed by atoms with Gasteiger partial charge in [0.15, 0.2) is 0 Å². The van der Waals surface area contributed by atoms with Crippen LogP contribution in [0.4, 0.5) is 0 Å². The summed E-state index contributed by atoms with van der Waals surface area (Å²) in [5, 5.41) is 0. The number of carbonyl (C=O) groups excluding carboxylic acids is 2. The second-order valence-electron chi connectivity index (χ2n) is 7.69. The molecule has 0 spiro atoms. The number of carbonyl (C=O) groups is 2. The predicted molar refractivity (Wildman–Crippen MR) is 122 cm³/mol. The van der Waals surface area contributed by atoms with Gasteiger partial charge in [0.05, 0.1) is 12.8 Å².